The van der Waals surface area contributed by atoms with Crippen LogP contribution in [0.15, 0.2) is 31.0 Å². The van der Waals surface area contributed by atoms with Crippen molar-refractivity contribution in [1.82, 2.24) is 20.3 Å². The van der Waals surface area contributed by atoms with Crippen LogP contribution in [0.25, 0.3) is 0 Å². The molecule has 1 unspecified atom stereocenters. The standard InChI is InChI=1S/C13H16N4/c1-9-4-10(2)12(17-5-9)13(14-3)11-6-15-8-16-7-11/h4-8,13-14H,1-3H3. The molecule has 88 valence electrons. The summed E-state index contributed by atoms with van der Waals surface area (Å²) in [7, 11) is 1.92. The second-order valence-electron chi connectivity index (χ2n) is 4.11. The zero-order valence-corrected chi connectivity index (χ0v) is 10.3. The lowest BCUT2D eigenvalue weighted by Gasteiger charge is -2.17. The van der Waals surface area contributed by atoms with Crippen LogP contribution in [-0.2, 0) is 0 Å². The Kier molecular flexibility index (Phi) is 3.44. The summed E-state index contributed by atoms with van der Waals surface area (Å²) in [6.45, 7) is 4.12. The van der Waals surface area contributed by atoms with Crippen molar-refractivity contribution in [2.45, 2.75) is 19.9 Å². The topological polar surface area (TPSA) is 50.7 Å². The van der Waals surface area contributed by atoms with Gasteiger partial charge in [0.15, 0.2) is 0 Å². The molecule has 0 saturated heterocycles. The molecule has 0 amide bonds. The number of nitrogens with zero attached hydrogens (tertiary/aromatic N) is 3. The van der Waals surface area contributed by atoms with Crippen molar-refractivity contribution in [3.63, 3.8) is 0 Å². The van der Waals surface area contributed by atoms with E-state index >= 15 is 0 Å². The maximum absolute atomic E-state index is 4.51. The number of hydrogen-bond donors (Lipinski definition) is 1. The smallest absolute Gasteiger partial charge is 0.115 e. The second kappa shape index (κ2) is 5.01. The van der Waals surface area contributed by atoms with Gasteiger partial charge in [0, 0.05) is 24.2 Å². The van der Waals surface area contributed by atoms with Gasteiger partial charge in [-0.05, 0) is 32.0 Å². The Balaban J connectivity index is 2.42. The normalized spacial score (nSPS) is 12.4. The minimum absolute atomic E-state index is 0.0387. The molecule has 0 saturated carbocycles. The Bertz CT molecular complexity index is 496. The molecule has 4 heteroatoms. The monoisotopic (exact) mass is 228 g/mol. The lowest BCUT2D eigenvalue weighted by Crippen LogP contribution is -2.20. The molecule has 1 N–H and O–H groups in total. The molecule has 0 aliphatic carbocycles. The van der Waals surface area contributed by atoms with E-state index in [0.29, 0.717) is 0 Å². The molecule has 0 radical (unpaired) electrons. The summed E-state index contributed by atoms with van der Waals surface area (Å²) < 4.78 is 0. The van der Waals surface area contributed by atoms with Crippen LogP contribution in [-0.4, -0.2) is 22.0 Å². The first-order chi connectivity index (χ1) is 8.22. The Hall–Kier alpha value is -1.81. The van der Waals surface area contributed by atoms with Crippen LogP contribution in [0.1, 0.15) is 28.4 Å². The van der Waals surface area contributed by atoms with Crippen LogP contribution < -0.4 is 5.32 Å². The molecule has 4 nitrogen and oxygen atoms in total. The minimum atomic E-state index is 0.0387. The first-order valence-corrected chi connectivity index (χ1v) is 5.57. The first-order valence-electron chi connectivity index (χ1n) is 5.57. The van der Waals surface area contributed by atoms with Crippen molar-refractivity contribution >= 4 is 0 Å². The van der Waals surface area contributed by atoms with E-state index in [1.54, 1.807) is 0 Å². The van der Waals surface area contributed by atoms with Crippen molar-refractivity contribution < 1.29 is 0 Å². The molecule has 17 heavy (non-hydrogen) atoms. The van der Waals surface area contributed by atoms with Crippen LogP contribution in [0.2, 0.25) is 0 Å². The Labute approximate surface area is 101 Å². The van der Waals surface area contributed by atoms with Crippen molar-refractivity contribution in [2.75, 3.05) is 7.05 Å². The van der Waals surface area contributed by atoms with E-state index in [1.807, 2.05) is 32.6 Å². The van der Waals surface area contributed by atoms with E-state index in [9.17, 15) is 0 Å². The third-order valence-electron chi connectivity index (χ3n) is 2.73. The fraction of sp³-hybridized carbons (Fsp3) is 0.308. The highest BCUT2D eigenvalue weighted by Crippen LogP contribution is 2.21. The number of hydrogen-bond acceptors (Lipinski definition) is 4. The summed E-state index contributed by atoms with van der Waals surface area (Å²) in [6.07, 6.45) is 7.05. The van der Waals surface area contributed by atoms with E-state index in [1.165, 1.54) is 17.5 Å². The van der Waals surface area contributed by atoms with Crippen LogP contribution >= 0.6 is 0 Å². The molecule has 0 aromatic carbocycles. The lowest BCUT2D eigenvalue weighted by atomic mass is 10.0. The summed E-state index contributed by atoms with van der Waals surface area (Å²) >= 11 is 0. The lowest BCUT2D eigenvalue weighted by molar-refractivity contribution is 0.659. The maximum Gasteiger partial charge on any atom is 0.115 e. The van der Waals surface area contributed by atoms with E-state index in [-0.39, 0.29) is 6.04 Å². The first kappa shape index (κ1) is 11.7. The highest BCUT2D eigenvalue weighted by atomic mass is 14.9. The zero-order valence-electron chi connectivity index (χ0n) is 10.3. The summed E-state index contributed by atoms with van der Waals surface area (Å²) in [5.41, 5.74) is 4.39. The van der Waals surface area contributed by atoms with E-state index in [2.05, 4.69) is 33.3 Å². The molecule has 0 spiro atoms. The van der Waals surface area contributed by atoms with Crippen LogP contribution in [0.3, 0.4) is 0 Å². The van der Waals surface area contributed by atoms with Gasteiger partial charge >= 0.3 is 0 Å². The summed E-state index contributed by atoms with van der Waals surface area (Å²) in [4.78, 5) is 12.6. The van der Waals surface area contributed by atoms with Crippen LogP contribution in [0.4, 0.5) is 0 Å². The highest BCUT2D eigenvalue weighted by Gasteiger charge is 2.16. The minimum Gasteiger partial charge on any atom is -0.308 e. The third kappa shape index (κ3) is 2.47. The third-order valence-corrected chi connectivity index (χ3v) is 2.73. The number of rotatable bonds is 3. The summed E-state index contributed by atoms with van der Waals surface area (Å²) in [5, 5.41) is 3.25. The molecule has 0 bridgehead atoms. The van der Waals surface area contributed by atoms with Crippen LogP contribution in [0.5, 0.6) is 0 Å². The van der Waals surface area contributed by atoms with Crippen molar-refractivity contribution in [3.8, 4) is 0 Å². The van der Waals surface area contributed by atoms with E-state index in [0.717, 1.165) is 11.3 Å². The molecule has 1 atom stereocenters. The largest absolute Gasteiger partial charge is 0.308 e. The summed E-state index contributed by atoms with van der Waals surface area (Å²) in [6, 6.07) is 2.17. The molecule has 2 heterocycles. The van der Waals surface area contributed by atoms with Gasteiger partial charge in [0.1, 0.15) is 6.33 Å². The fourth-order valence-electron chi connectivity index (χ4n) is 1.95. The molecular weight excluding hydrogens is 212 g/mol. The average Bonchev–Trinajstić information content (AvgIpc) is 2.34. The van der Waals surface area contributed by atoms with Gasteiger partial charge in [-0.25, -0.2) is 9.97 Å². The predicted octanol–water partition coefficient (Wildman–Crippen LogP) is 1.80. The molecular formula is C13H16N4. The molecule has 2 aromatic heterocycles. The molecule has 0 aliphatic heterocycles. The Morgan fingerprint density at radius 1 is 1.12 bits per heavy atom. The van der Waals surface area contributed by atoms with Gasteiger partial charge in [0.25, 0.3) is 0 Å². The number of pyridine rings is 1. The quantitative estimate of drug-likeness (QED) is 0.870. The SMILES string of the molecule is CNC(c1cncnc1)c1ncc(C)cc1C. The molecule has 2 aromatic rings. The fourth-order valence-corrected chi connectivity index (χ4v) is 1.95. The Morgan fingerprint density at radius 3 is 2.41 bits per heavy atom. The second-order valence-corrected chi connectivity index (χ2v) is 4.11. The predicted molar refractivity (Wildman–Crippen MR) is 66.6 cm³/mol. The Morgan fingerprint density at radius 2 is 1.82 bits per heavy atom. The van der Waals surface area contributed by atoms with Gasteiger partial charge in [-0.1, -0.05) is 6.07 Å². The van der Waals surface area contributed by atoms with Crippen molar-refractivity contribution in [3.05, 3.63) is 53.4 Å². The van der Waals surface area contributed by atoms with Crippen LogP contribution in [0, 0.1) is 13.8 Å². The number of nitrogens with one attached hydrogen (secondary N) is 1. The zero-order chi connectivity index (χ0) is 12.3. The van der Waals surface area contributed by atoms with Crippen molar-refractivity contribution in [1.29, 1.82) is 0 Å². The van der Waals surface area contributed by atoms with E-state index < -0.39 is 0 Å². The maximum atomic E-state index is 4.51. The van der Waals surface area contributed by atoms with Gasteiger partial charge in [-0.3, -0.25) is 4.98 Å². The number of aromatic nitrogens is 3. The van der Waals surface area contributed by atoms with Gasteiger partial charge in [-0.15, -0.1) is 0 Å². The van der Waals surface area contributed by atoms with E-state index in [4.69, 9.17) is 0 Å². The molecule has 2 rings (SSSR count). The number of aryl methyl sites for hydroxylation is 2. The van der Waals surface area contributed by atoms with Gasteiger partial charge < -0.3 is 5.32 Å². The highest BCUT2D eigenvalue weighted by molar-refractivity contribution is 5.31. The van der Waals surface area contributed by atoms with Gasteiger partial charge in [-0.2, -0.15) is 0 Å². The van der Waals surface area contributed by atoms with Gasteiger partial charge in [0.05, 0.1) is 11.7 Å². The molecule has 0 aliphatic rings. The van der Waals surface area contributed by atoms with Gasteiger partial charge in [0.2, 0.25) is 0 Å². The molecule has 0 fully saturated rings. The summed E-state index contributed by atoms with van der Waals surface area (Å²) in [5.74, 6) is 0. The average molecular weight is 228 g/mol. The van der Waals surface area contributed by atoms with Crippen molar-refractivity contribution in [2.24, 2.45) is 0 Å².